The smallest absolute Gasteiger partial charge is 0.241 e. The Kier molecular flexibility index (Phi) is 4.65. The summed E-state index contributed by atoms with van der Waals surface area (Å²) in [7, 11) is 0. The van der Waals surface area contributed by atoms with E-state index in [1.807, 2.05) is 11.3 Å². The maximum atomic E-state index is 12.7. The first kappa shape index (κ1) is 15.0. The van der Waals surface area contributed by atoms with Crippen LogP contribution in [-0.4, -0.2) is 23.4 Å². The van der Waals surface area contributed by atoms with Gasteiger partial charge >= 0.3 is 0 Å². The highest BCUT2D eigenvalue weighted by molar-refractivity contribution is 7.12. The normalized spacial score (nSPS) is 25.8. The molecule has 1 N–H and O–H groups in total. The number of carbonyl (C=O) groups excluding carboxylic acids is 1. The van der Waals surface area contributed by atoms with Crippen molar-refractivity contribution >= 4 is 17.2 Å². The second kappa shape index (κ2) is 6.49. The van der Waals surface area contributed by atoms with Crippen LogP contribution in [0.3, 0.4) is 0 Å². The minimum Gasteiger partial charge on any atom is -0.321 e. The standard InChI is InChI=1S/C17H26N2OS/c1-3-4-5-14-17(20)19(11-10-13-7-8-13)16(18-14)15-9-6-12(2)21-15/h6,9,13-14,16,18H,3-5,7-8,10-11H2,1-2H3. The number of amides is 1. The largest absolute Gasteiger partial charge is 0.321 e. The van der Waals surface area contributed by atoms with Crippen molar-refractivity contribution < 1.29 is 4.79 Å². The second-order valence-electron chi connectivity index (χ2n) is 6.48. The molecule has 2 atom stereocenters. The molecule has 0 radical (unpaired) electrons. The number of aryl methyl sites for hydroxylation is 1. The van der Waals surface area contributed by atoms with E-state index in [0.717, 1.165) is 31.7 Å². The second-order valence-corrected chi connectivity index (χ2v) is 7.80. The van der Waals surface area contributed by atoms with E-state index in [-0.39, 0.29) is 12.2 Å². The molecule has 1 aromatic rings. The summed E-state index contributed by atoms with van der Waals surface area (Å²) in [5.41, 5.74) is 0. The summed E-state index contributed by atoms with van der Waals surface area (Å²) in [5.74, 6) is 1.19. The van der Waals surface area contributed by atoms with Gasteiger partial charge in [0.05, 0.1) is 6.04 Å². The Hall–Kier alpha value is -0.870. The Balaban J connectivity index is 1.71. The fourth-order valence-electron chi connectivity index (χ4n) is 3.10. The van der Waals surface area contributed by atoms with Gasteiger partial charge in [0.25, 0.3) is 0 Å². The lowest BCUT2D eigenvalue weighted by atomic mass is 10.1. The molecule has 0 aromatic carbocycles. The highest BCUT2D eigenvalue weighted by Gasteiger charge is 2.40. The third-order valence-corrected chi connectivity index (χ3v) is 5.66. The van der Waals surface area contributed by atoms with Crippen LogP contribution in [0.2, 0.25) is 0 Å². The molecule has 3 rings (SSSR count). The molecule has 0 spiro atoms. The first-order chi connectivity index (χ1) is 10.2. The van der Waals surface area contributed by atoms with Gasteiger partial charge in [0, 0.05) is 16.3 Å². The van der Waals surface area contributed by atoms with Crippen LogP contribution >= 0.6 is 11.3 Å². The van der Waals surface area contributed by atoms with Crippen molar-refractivity contribution in [3.63, 3.8) is 0 Å². The Labute approximate surface area is 131 Å². The third kappa shape index (κ3) is 3.49. The number of carbonyl (C=O) groups is 1. The summed E-state index contributed by atoms with van der Waals surface area (Å²) in [6, 6.07) is 4.36. The van der Waals surface area contributed by atoms with Crippen LogP contribution < -0.4 is 5.32 Å². The van der Waals surface area contributed by atoms with Gasteiger partial charge in [-0.15, -0.1) is 11.3 Å². The van der Waals surface area contributed by atoms with Crippen LogP contribution in [0.1, 0.15) is 61.4 Å². The first-order valence-electron chi connectivity index (χ1n) is 8.32. The molecule has 2 heterocycles. The molecule has 2 unspecified atom stereocenters. The molecule has 1 amide bonds. The SMILES string of the molecule is CCCCC1NC(c2ccc(C)s2)N(CCC2CC2)C1=O. The van der Waals surface area contributed by atoms with Crippen LogP contribution in [-0.2, 0) is 4.79 Å². The minimum absolute atomic E-state index is 0.0246. The lowest BCUT2D eigenvalue weighted by Crippen LogP contribution is -2.32. The van der Waals surface area contributed by atoms with Crippen molar-refractivity contribution in [3.8, 4) is 0 Å². The summed E-state index contributed by atoms with van der Waals surface area (Å²) >= 11 is 1.81. The molecule has 2 aliphatic rings. The summed E-state index contributed by atoms with van der Waals surface area (Å²) in [6.45, 7) is 5.24. The van der Waals surface area contributed by atoms with Crippen molar-refractivity contribution in [2.24, 2.45) is 5.92 Å². The van der Waals surface area contributed by atoms with Gasteiger partial charge in [0.15, 0.2) is 0 Å². The predicted molar refractivity (Wildman–Crippen MR) is 87.3 cm³/mol. The maximum Gasteiger partial charge on any atom is 0.241 e. The van der Waals surface area contributed by atoms with E-state index in [2.05, 4.69) is 36.2 Å². The van der Waals surface area contributed by atoms with E-state index in [9.17, 15) is 4.79 Å². The zero-order chi connectivity index (χ0) is 14.8. The third-order valence-electron chi connectivity index (χ3n) is 4.60. The maximum absolute atomic E-state index is 12.7. The molecule has 1 saturated heterocycles. The highest BCUT2D eigenvalue weighted by Crippen LogP contribution is 2.36. The summed E-state index contributed by atoms with van der Waals surface area (Å²) < 4.78 is 0. The monoisotopic (exact) mass is 306 g/mol. The van der Waals surface area contributed by atoms with Gasteiger partial charge in [-0.05, 0) is 37.8 Å². The van der Waals surface area contributed by atoms with Crippen molar-refractivity contribution in [1.82, 2.24) is 10.2 Å². The molecule has 0 bridgehead atoms. The molecule has 1 saturated carbocycles. The molecular formula is C17H26N2OS. The van der Waals surface area contributed by atoms with Crippen molar-refractivity contribution in [3.05, 3.63) is 21.9 Å². The molecular weight excluding hydrogens is 280 g/mol. The predicted octanol–water partition coefficient (Wildman–Crippen LogP) is 3.85. The molecule has 3 nitrogen and oxygen atoms in total. The summed E-state index contributed by atoms with van der Waals surface area (Å²) in [6.07, 6.45) is 7.24. The number of nitrogens with zero attached hydrogens (tertiary/aromatic N) is 1. The van der Waals surface area contributed by atoms with Crippen molar-refractivity contribution in [1.29, 1.82) is 0 Å². The minimum atomic E-state index is 0.0246. The fraction of sp³-hybridized carbons (Fsp3) is 0.706. The van der Waals surface area contributed by atoms with Crippen molar-refractivity contribution in [2.45, 2.75) is 64.6 Å². The molecule has 2 fully saturated rings. The van der Waals surface area contributed by atoms with E-state index in [1.165, 1.54) is 29.0 Å². The average Bonchev–Trinajstić information content (AvgIpc) is 3.12. The fourth-order valence-corrected chi connectivity index (χ4v) is 4.05. The zero-order valence-electron chi connectivity index (χ0n) is 13.1. The van der Waals surface area contributed by atoms with E-state index in [0.29, 0.717) is 5.91 Å². The van der Waals surface area contributed by atoms with Gasteiger partial charge in [-0.25, -0.2) is 0 Å². The Morgan fingerprint density at radius 1 is 1.33 bits per heavy atom. The van der Waals surface area contributed by atoms with E-state index in [4.69, 9.17) is 0 Å². The van der Waals surface area contributed by atoms with Gasteiger partial charge in [-0.2, -0.15) is 0 Å². The van der Waals surface area contributed by atoms with Gasteiger partial charge < -0.3 is 4.90 Å². The van der Waals surface area contributed by atoms with Gasteiger partial charge in [-0.3, -0.25) is 10.1 Å². The Morgan fingerprint density at radius 2 is 2.14 bits per heavy atom. The lowest BCUT2D eigenvalue weighted by molar-refractivity contribution is -0.130. The highest BCUT2D eigenvalue weighted by atomic mass is 32.1. The number of nitrogens with one attached hydrogen (secondary N) is 1. The number of unbranched alkanes of at least 4 members (excludes halogenated alkanes) is 1. The van der Waals surface area contributed by atoms with Crippen LogP contribution in [0.4, 0.5) is 0 Å². The van der Waals surface area contributed by atoms with Crippen LogP contribution in [0, 0.1) is 12.8 Å². The molecule has 1 aliphatic carbocycles. The van der Waals surface area contributed by atoms with Crippen LogP contribution in [0.25, 0.3) is 0 Å². The lowest BCUT2D eigenvalue weighted by Gasteiger charge is -2.23. The molecule has 4 heteroatoms. The van der Waals surface area contributed by atoms with Crippen LogP contribution in [0.15, 0.2) is 12.1 Å². The number of thiophene rings is 1. The van der Waals surface area contributed by atoms with Gasteiger partial charge in [-0.1, -0.05) is 32.6 Å². The van der Waals surface area contributed by atoms with Gasteiger partial charge in [0.2, 0.25) is 5.91 Å². The number of hydrogen-bond donors (Lipinski definition) is 1. The number of hydrogen-bond acceptors (Lipinski definition) is 3. The van der Waals surface area contributed by atoms with Crippen LogP contribution in [0.5, 0.6) is 0 Å². The molecule has 1 aromatic heterocycles. The molecule has 116 valence electrons. The number of rotatable bonds is 7. The summed E-state index contributed by atoms with van der Waals surface area (Å²) in [4.78, 5) is 17.4. The quantitative estimate of drug-likeness (QED) is 0.830. The average molecular weight is 306 g/mol. The molecule has 1 aliphatic heterocycles. The Morgan fingerprint density at radius 3 is 2.76 bits per heavy atom. The van der Waals surface area contributed by atoms with E-state index in [1.54, 1.807) is 0 Å². The summed E-state index contributed by atoms with van der Waals surface area (Å²) in [5, 5.41) is 3.59. The zero-order valence-corrected chi connectivity index (χ0v) is 13.9. The van der Waals surface area contributed by atoms with Crippen molar-refractivity contribution in [2.75, 3.05) is 6.54 Å². The van der Waals surface area contributed by atoms with E-state index >= 15 is 0 Å². The van der Waals surface area contributed by atoms with Gasteiger partial charge in [0.1, 0.15) is 6.17 Å². The Bertz CT molecular complexity index is 495. The molecule has 21 heavy (non-hydrogen) atoms. The topological polar surface area (TPSA) is 32.3 Å². The van der Waals surface area contributed by atoms with E-state index < -0.39 is 0 Å². The first-order valence-corrected chi connectivity index (χ1v) is 9.13.